The fourth-order valence-corrected chi connectivity index (χ4v) is 2.89. The summed E-state index contributed by atoms with van der Waals surface area (Å²) >= 11 is 0. The number of aliphatic hydroxyl groups is 1. The van der Waals surface area contributed by atoms with Crippen LogP contribution in [0.1, 0.15) is 12.5 Å². The quantitative estimate of drug-likeness (QED) is 0.667. The highest BCUT2D eigenvalue weighted by atomic mass is 16.6. The normalized spacial score (nSPS) is 22.6. The Kier molecular flexibility index (Phi) is 4.25. The SMILES string of the molecule is CC1CN(c2cc(CO)ccc2[N+](=O)[O-])CC1N(C)C. The Labute approximate surface area is 118 Å². The van der Waals surface area contributed by atoms with Crippen LogP contribution >= 0.6 is 0 Å². The molecule has 1 aliphatic heterocycles. The second-order valence-electron chi connectivity index (χ2n) is 5.65. The molecule has 1 saturated heterocycles. The van der Waals surface area contributed by atoms with Gasteiger partial charge in [-0.15, -0.1) is 0 Å². The van der Waals surface area contributed by atoms with Gasteiger partial charge in [0.25, 0.3) is 5.69 Å². The standard InChI is InChI=1S/C14H21N3O3/c1-10-7-16(8-14(10)15(2)3)13-6-11(9-18)4-5-12(13)17(19)20/h4-6,10,14,18H,7-9H2,1-3H3. The highest BCUT2D eigenvalue weighted by molar-refractivity contribution is 5.65. The number of benzene rings is 1. The highest BCUT2D eigenvalue weighted by Crippen LogP contribution is 2.34. The topological polar surface area (TPSA) is 69.8 Å². The molecule has 6 heteroatoms. The van der Waals surface area contributed by atoms with E-state index in [-0.39, 0.29) is 17.2 Å². The molecular formula is C14H21N3O3. The summed E-state index contributed by atoms with van der Waals surface area (Å²) in [6.45, 7) is 3.61. The van der Waals surface area contributed by atoms with Gasteiger partial charge >= 0.3 is 0 Å². The fourth-order valence-electron chi connectivity index (χ4n) is 2.89. The lowest BCUT2D eigenvalue weighted by Gasteiger charge is -2.23. The molecule has 110 valence electrons. The molecule has 1 aromatic carbocycles. The zero-order valence-electron chi connectivity index (χ0n) is 12.1. The smallest absolute Gasteiger partial charge is 0.292 e. The molecule has 0 radical (unpaired) electrons. The monoisotopic (exact) mass is 279 g/mol. The molecule has 6 nitrogen and oxygen atoms in total. The van der Waals surface area contributed by atoms with Crippen LogP contribution in [0.2, 0.25) is 0 Å². The Morgan fingerprint density at radius 1 is 1.45 bits per heavy atom. The first-order chi connectivity index (χ1) is 9.43. The summed E-state index contributed by atoms with van der Waals surface area (Å²) in [6.07, 6.45) is 0. The predicted molar refractivity (Wildman–Crippen MR) is 77.9 cm³/mol. The van der Waals surface area contributed by atoms with Gasteiger partial charge in [0.15, 0.2) is 0 Å². The molecule has 2 atom stereocenters. The summed E-state index contributed by atoms with van der Waals surface area (Å²) in [5.74, 6) is 0.447. The van der Waals surface area contributed by atoms with Crippen molar-refractivity contribution in [3.8, 4) is 0 Å². The average Bonchev–Trinajstić information content (AvgIpc) is 2.80. The van der Waals surface area contributed by atoms with Gasteiger partial charge in [-0.25, -0.2) is 0 Å². The molecule has 0 bridgehead atoms. The third kappa shape index (κ3) is 2.76. The maximum absolute atomic E-state index is 11.2. The maximum Gasteiger partial charge on any atom is 0.292 e. The van der Waals surface area contributed by atoms with E-state index in [1.807, 2.05) is 19.0 Å². The molecule has 2 unspecified atom stereocenters. The molecule has 0 spiro atoms. The number of rotatable bonds is 4. The van der Waals surface area contributed by atoms with Crippen LogP contribution in [-0.2, 0) is 6.61 Å². The molecule has 0 saturated carbocycles. The molecule has 1 N–H and O–H groups in total. The first kappa shape index (κ1) is 14.7. The first-order valence-electron chi connectivity index (χ1n) is 6.73. The zero-order chi connectivity index (χ0) is 14.9. The molecule has 1 fully saturated rings. The number of nitro benzene ring substituents is 1. The van der Waals surface area contributed by atoms with Crippen LogP contribution in [0.4, 0.5) is 11.4 Å². The lowest BCUT2D eigenvalue weighted by atomic mass is 10.1. The molecule has 20 heavy (non-hydrogen) atoms. The Morgan fingerprint density at radius 3 is 2.65 bits per heavy atom. The van der Waals surface area contributed by atoms with E-state index in [1.165, 1.54) is 6.07 Å². The van der Waals surface area contributed by atoms with E-state index in [9.17, 15) is 15.2 Å². The van der Waals surface area contributed by atoms with Crippen LogP contribution in [0, 0.1) is 16.0 Å². The Balaban J connectivity index is 2.34. The van der Waals surface area contributed by atoms with Crippen molar-refractivity contribution in [1.29, 1.82) is 0 Å². The largest absolute Gasteiger partial charge is 0.392 e. The van der Waals surface area contributed by atoms with Crippen LogP contribution < -0.4 is 4.90 Å². The number of nitrogens with zero attached hydrogens (tertiary/aromatic N) is 3. The minimum atomic E-state index is -0.357. The summed E-state index contributed by atoms with van der Waals surface area (Å²) in [6, 6.07) is 5.19. The predicted octanol–water partition coefficient (Wildman–Crippen LogP) is 1.47. The number of nitro groups is 1. The molecular weight excluding hydrogens is 258 g/mol. The van der Waals surface area contributed by atoms with E-state index in [4.69, 9.17) is 0 Å². The molecule has 2 rings (SSSR count). The minimum absolute atomic E-state index is 0.105. The molecule has 0 aromatic heterocycles. The van der Waals surface area contributed by atoms with Gasteiger partial charge in [0.2, 0.25) is 0 Å². The van der Waals surface area contributed by atoms with Gasteiger partial charge in [-0.05, 0) is 37.7 Å². The summed E-state index contributed by atoms with van der Waals surface area (Å²) in [5, 5.41) is 20.4. The van der Waals surface area contributed by atoms with E-state index in [2.05, 4.69) is 11.8 Å². The third-order valence-corrected chi connectivity index (χ3v) is 4.00. The minimum Gasteiger partial charge on any atom is -0.392 e. The van der Waals surface area contributed by atoms with Gasteiger partial charge in [-0.2, -0.15) is 0 Å². The second-order valence-corrected chi connectivity index (χ2v) is 5.65. The third-order valence-electron chi connectivity index (χ3n) is 4.00. The van der Waals surface area contributed by atoms with Crippen molar-refractivity contribution in [2.75, 3.05) is 32.1 Å². The average molecular weight is 279 g/mol. The van der Waals surface area contributed by atoms with Crippen molar-refractivity contribution in [2.24, 2.45) is 5.92 Å². The van der Waals surface area contributed by atoms with Crippen molar-refractivity contribution < 1.29 is 10.0 Å². The van der Waals surface area contributed by atoms with Gasteiger partial charge in [0.05, 0.1) is 11.5 Å². The van der Waals surface area contributed by atoms with E-state index >= 15 is 0 Å². The Morgan fingerprint density at radius 2 is 2.15 bits per heavy atom. The molecule has 1 aromatic rings. The maximum atomic E-state index is 11.2. The van der Waals surface area contributed by atoms with E-state index in [0.717, 1.165) is 13.1 Å². The number of hydrogen-bond donors (Lipinski definition) is 1. The van der Waals surface area contributed by atoms with Gasteiger partial charge in [-0.3, -0.25) is 10.1 Å². The van der Waals surface area contributed by atoms with Gasteiger partial charge < -0.3 is 14.9 Å². The Bertz CT molecular complexity index is 504. The molecule has 1 aliphatic rings. The van der Waals surface area contributed by atoms with Crippen LogP contribution in [0.15, 0.2) is 18.2 Å². The molecule has 1 heterocycles. The second kappa shape index (κ2) is 5.76. The highest BCUT2D eigenvalue weighted by Gasteiger charge is 2.33. The Hall–Kier alpha value is -1.66. The van der Waals surface area contributed by atoms with Crippen LogP contribution in [0.5, 0.6) is 0 Å². The molecule has 0 amide bonds. The summed E-state index contributed by atoms with van der Waals surface area (Å²) in [5.41, 5.74) is 1.41. The first-order valence-corrected chi connectivity index (χ1v) is 6.73. The lowest BCUT2D eigenvalue weighted by molar-refractivity contribution is -0.384. The van der Waals surface area contributed by atoms with Crippen molar-refractivity contribution >= 4 is 11.4 Å². The van der Waals surface area contributed by atoms with Gasteiger partial charge in [0.1, 0.15) is 5.69 Å². The zero-order valence-corrected chi connectivity index (χ0v) is 12.1. The summed E-state index contributed by atoms with van der Waals surface area (Å²) in [4.78, 5) is 15.0. The number of likely N-dealkylation sites (N-methyl/N-ethyl adjacent to an activating group) is 1. The van der Waals surface area contributed by atoms with Gasteiger partial charge in [-0.1, -0.05) is 6.92 Å². The lowest BCUT2D eigenvalue weighted by Crippen LogP contribution is -2.34. The number of aliphatic hydroxyl groups excluding tert-OH is 1. The molecule has 0 aliphatic carbocycles. The van der Waals surface area contributed by atoms with Gasteiger partial charge in [0, 0.05) is 25.2 Å². The van der Waals surface area contributed by atoms with Crippen LogP contribution in [0.25, 0.3) is 0 Å². The summed E-state index contributed by atoms with van der Waals surface area (Å²) in [7, 11) is 4.06. The van der Waals surface area contributed by atoms with E-state index < -0.39 is 0 Å². The number of hydrogen-bond acceptors (Lipinski definition) is 5. The van der Waals surface area contributed by atoms with Crippen molar-refractivity contribution in [3.05, 3.63) is 33.9 Å². The van der Waals surface area contributed by atoms with Crippen LogP contribution in [-0.4, -0.2) is 48.2 Å². The van der Waals surface area contributed by atoms with E-state index in [1.54, 1.807) is 12.1 Å². The number of anilines is 1. The van der Waals surface area contributed by atoms with Crippen molar-refractivity contribution in [2.45, 2.75) is 19.6 Å². The van der Waals surface area contributed by atoms with Crippen LogP contribution in [0.3, 0.4) is 0 Å². The van der Waals surface area contributed by atoms with Crippen molar-refractivity contribution in [3.63, 3.8) is 0 Å². The van der Waals surface area contributed by atoms with Crippen molar-refractivity contribution in [1.82, 2.24) is 4.90 Å². The summed E-state index contributed by atoms with van der Waals surface area (Å²) < 4.78 is 0. The fraction of sp³-hybridized carbons (Fsp3) is 0.571. The van der Waals surface area contributed by atoms with E-state index in [0.29, 0.717) is 23.2 Å².